The molecule has 0 fully saturated rings. The summed E-state index contributed by atoms with van der Waals surface area (Å²) in [6, 6.07) is 11.6. The molecule has 0 unspecified atom stereocenters. The molecule has 0 N–H and O–H groups in total. The Hall–Kier alpha value is -1.26. The van der Waals surface area contributed by atoms with Gasteiger partial charge in [0.2, 0.25) is 0 Å². The van der Waals surface area contributed by atoms with Crippen molar-refractivity contribution in [1.29, 1.82) is 0 Å². The third-order valence-electron chi connectivity index (χ3n) is 2.44. The molecule has 1 aromatic carbocycles. The summed E-state index contributed by atoms with van der Waals surface area (Å²) in [5, 5.41) is 0. The highest BCUT2D eigenvalue weighted by Crippen LogP contribution is 2.24. The summed E-state index contributed by atoms with van der Waals surface area (Å²) >= 11 is 3.11. The molecule has 0 saturated carbocycles. The zero-order valence-electron chi connectivity index (χ0n) is 10.3. The second-order valence-electron chi connectivity index (χ2n) is 3.80. The summed E-state index contributed by atoms with van der Waals surface area (Å²) in [5.41, 5.74) is 0. The monoisotopic (exact) mass is 278 g/mol. The molecule has 0 amide bonds. The van der Waals surface area contributed by atoms with Crippen LogP contribution >= 0.6 is 23.1 Å². The Morgan fingerprint density at radius 2 is 1.94 bits per heavy atom. The van der Waals surface area contributed by atoms with Gasteiger partial charge in [-0.1, -0.05) is 0 Å². The Morgan fingerprint density at radius 1 is 1.22 bits per heavy atom. The highest BCUT2D eigenvalue weighted by atomic mass is 32.2. The molecule has 2 aromatic rings. The average Bonchev–Trinajstić information content (AvgIpc) is 2.83. The number of benzene rings is 1. The maximum atomic E-state index is 11.9. The first kappa shape index (κ1) is 13.2. The molecule has 1 aromatic heterocycles. The van der Waals surface area contributed by atoms with E-state index >= 15 is 0 Å². The van der Waals surface area contributed by atoms with E-state index < -0.39 is 0 Å². The number of hydrogen-bond donors (Lipinski definition) is 0. The van der Waals surface area contributed by atoms with E-state index in [1.807, 2.05) is 43.3 Å². The zero-order valence-corrected chi connectivity index (χ0v) is 11.9. The lowest BCUT2D eigenvalue weighted by Crippen LogP contribution is -1.98. The lowest BCUT2D eigenvalue weighted by molar-refractivity contribution is 0.102. The van der Waals surface area contributed by atoms with Crippen LogP contribution in [0.3, 0.4) is 0 Å². The molecule has 2 rings (SSSR count). The fraction of sp³-hybridized carbons (Fsp3) is 0.214. The van der Waals surface area contributed by atoms with E-state index in [4.69, 9.17) is 4.74 Å². The van der Waals surface area contributed by atoms with Gasteiger partial charge in [-0.05, 0) is 43.3 Å². The fourth-order valence-electron chi connectivity index (χ4n) is 1.48. The quantitative estimate of drug-likeness (QED) is 0.610. The summed E-state index contributed by atoms with van der Waals surface area (Å²) in [5.74, 6) is 1.50. The van der Waals surface area contributed by atoms with E-state index in [-0.39, 0.29) is 5.78 Å². The first-order valence-electron chi connectivity index (χ1n) is 5.55. The lowest BCUT2D eigenvalue weighted by atomic mass is 10.3. The van der Waals surface area contributed by atoms with Gasteiger partial charge >= 0.3 is 0 Å². The average molecular weight is 278 g/mol. The molecular formula is C14H14O2S2. The summed E-state index contributed by atoms with van der Waals surface area (Å²) < 4.78 is 5.09. The van der Waals surface area contributed by atoms with Crippen molar-refractivity contribution in [1.82, 2.24) is 0 Å². The molecule has 0 aliphatic heterocycles. The van der Waals surface area contributed by atoms with Gasteiger partial charge in [-0.3, -0.25) is 4.79 Å². The lowest BCUT2D eigenvalue weighted by Gasteiger charge is -2.02. The number of thiophene rings is 1. The topological polar surface area (TPSA) is 26.3 Å². The van der Waals surface area contributed by atoms with Gasteiger partial charge in [0.1, 0.15) is 5.75 Å². The van der Waals surface area contributed by atoms with Crippen LogP contribution in [0.15, 0.2) is 41.3 Å². The molecule has 0 spiro atoms. The minimum Gasteiger partial charge on any atom is -0.497 e. The number of ether oxygens (including phenoxy) is 1. The van der Waals surface area contributed by atoms with Gasteiger partial charge in [0.05, 0.1) is 17.7 Å². The van der Waals surface area contributed by atoms with Gasteiger partial charge in [0.25, 0.3) is 0 Å². The Labute approximate surface area is 115 Å². The highest BCUT2D eigenvalue weighted by Gasteiger charge is 2.08. The minimum absolute atomic E-state index is 0.189. The number of rotatable bonds is 5. The van der Waals surface area contributed by atoms with Crippen LogP contribution in [0, 0.1) is 6.92 Å². The highest BCUT2D eigenvalue weighted by molar-refractivity contribution is 8.00. The second-order valence-corrected chi connectivity index (χ2v) is 6.13. The molecule has 0 bridgehead atoms. The van der Waals surface area contributed by atoms with Crippen LogP contribution in [0.2, 0.25) is 0 Å². The molecule has 1 heterocycles. The van der Waals surface area contributed by atoms with E-state index in [1.54, 1.807) is 30.2 Å². The van der Waals surface area contributed by atoms with Crippen molar-refractivity contribution in [3.05, 3.63) is 46.2 Å². The van der Waals surface area contributed by atoms with E-state index in [9.17, 15) is 4.79 Å². The van der Waals surface area contributed by atoms with Crippen LogP contribution in [0.4, 0.5) is 0 Å². The number of hydrogen-bond acceptors (Lipinski definition) is 4. The Bertz CT molecular complexity index is 529. The standard InChI is InChI=1S/C14H14O2S2/c1-10-3-8-14(18-10)13(15)9-17-12-6-4-11(16-2)5-7-12/h3-8H,9H2,1-2H3. The molecule has 0 aliphatic carbocycles. The van der Waals surface area contributed by atoms with E-state index in [0.717, 1.165) is 15.5 Å². The number of Topliss-reactive ketones (excluding diaryl/α,β-unsaturated/α-hetero) is 1. The molecule has 0 aliphatic rings. The fourth-order valence-corrected chi connectivity index (χ4v) is 3.15. The molecule has 94 valence electrons. The number of methoxy groups -OCH3 is 1. The summed E-state index contributed by atoms with van der Waals surface area (Å²) in [6.07, 6.45) is 0. The summed E-state index contributed by atoms with van der Waals surface area (Å²) in [6.45, 7) is 2.01. The van der Waals surface area contributed by atoms with Crippen molar-refractivity contribution in [3.63, 3.8) is 0 Å². The summed E-state index contributed by atoms with van der Waals surface area (Å²) in [4.78, 5) is 15.0. The molecule has 0 radical (unpaired) electrons. The predicted molar refractivity (Wildman–Crippen MR) is 77.1 cm³/mol. The Balaban J connectivity index is 1.92. The number of ketones is 1. The van der Waals surface area contributed by atoms with Crippen molar-refractivity contribution in [2.45, 2.75) is 11.8 Å². The van der Waals surface area contributed by atoms with E-state index in [1.165, 1.54) is 4.88 Å². The van der Waals surface area contributed by atoms with Gasteiger partial charge in [-0.2, -0.15) is 0 Å². The van der Waals surface area contributed by atoms with Crippen LogP contribution in [-0.2, 0) is 0 Å². The van der Waals surface area contributed by atoms with Crippen LogP contribution < -0.4 is 4.74 Å². The van der Waals surface area contributed by atoms with Crippen LogP contribution in [-0.4, -0.2) is 18.6 Å². The third kappa shape index (κ3) is 3.37. The molecule has 0 atom stereocenters. The Morgan fingerprint density at radius 3 is 2.50 bits per heavy atom. The largest absolute Gasteiger partial charge is 0.497 e. The molecule has 4 heteroatoms. The number of thioether (sulfide) groups is 1. The maximum Gasteiger partial charge on any atom is 0.182 e. The molecule has 2 nitrogen and oxygen atoms in total. The zero-order chi connectivity index (χ0) is 13.0. The van der Waals surface area contributed by atoms with Gasteiger partial charge in [0, 0.05) is 9.77 Å². The minimum atomic E-state index is 0.189. The van der Waals surface area contributed by atoms with Crippen LogP contribution in [0.25, 0.3) is 0 Å². The van der Waals surface area contributed by atoms with E-state index in [0.29, 0.717) is 5.75 Å². The summed E-state index contributed by atoms with van der Waals surface area (Å²) in [7, 11) is 1.64. The molecule has 0 saturated heterocycles. The van der Waals surface area contributed by atoms with Gasteiger partial charge < -0.3 is 4.74 Å². The predicted octanol–water partition coefficient (Wildman–Crippen LogP) is 4.04. The van der Waals surface area contributed by atoms with Crippen LogP contribution in [0.1, 0.15) is 14.5 Å². The normalized spacial score (nSPS) is 10.3. The SMILES string of the molecule is COc1ccc(SCC(=O)c2ccc(C)s2)cc1. The Kier molecular flexibility index (Phi) is 4.44. The smallest absolute Gasteiger partial charge is 0.182 e. The van der Waals surface area contributed by atoms with Gasteiger partial charge in [0.15, 0.2) is 5.78 Å². The van der Waals surface area contributed by atoms with Crippen molar-refractivity contribution >= 4 is 28.9 Å². The van der Waals surface area contributed by atoms with E-state index in [2.05, 4.69) is 0 Å². The van der Waals surface area contributed by atoms with Crippen molar-refractivity contribution < 1.29 is 9.53 Å². The second kappa shape index (κ2) is 6.07. The van der Waals surface area contributed by atoms with Crippen molar-refractivity contribution in [2.24, 2.45) is 0 Å². The maximum absolute atomic E-state index is 11.9. The van der Waals surface area contributed by atoms with Crippen molar-refractivity contribution in [2.75, 3.05) is 12.9 Å². The number of carbonyl (C=O) groups is 1. The van der Waals surface area contributed by atoms with Crippen LogP contribution in [0.5, 0.6) is 5.75 Å². The first-order chi connectivity index (χ1) is 8.69. The third-order valence-corrected chi connectivity index (χ3v) is 4.50. The first-order valence-corrected chi connectivity index (χ1v) is 7.36. The van der Waals surface area contributed by atoms with Crippen molar-refractivity contribution in [3.8, 4) is 5.75 Å². The number of aryl methyl sites for hydroxylation is 1. The number of carbonyl (C=O) groups excluding carboxylic acids is 1. The molecule has 18 heavy (non-hydrogen) atoms. The van der Waals surface area contributed by atoms with Gasteiger partial charge in [-0.15, -0.1) is 23.1 Å². The molecular weight excluding hydrogens is 264 g/mol. The van der Waals surface area contributed by atoms with Gasteiger partial charge in [-0.25, -0.2) is 0 Å².